The van der Waals surface area contributed by atoms with Crippen LogP contribution in [0, 0.1) is 5.82 Å². The van der Waals surface area contributed by atoms with Gasteiger partial charge in [-0.3, -0.25) is 0 Å². The molecule has 0 aliphatic carbocycles. The molecule has 0 unspecified atom stereocenters. The van der Waals surface area contributed by atoms with Gasteiger partial charge in [-0.15, -0.1) is 6.58 Å². The lowest BCUT2D eigenvalue weighted by molar-refractivity contribution is 0.602. The largest absolute Gasteiger partial charge is 0.219 e. The van der Waals surface area contributed by atoms with Gasteiger partial charge < -0.3 is 0 Å². The zero-order valence-corrected chi connectivity index (χ0v) is 11.0. The highest BCUT2D eigenvalue weighted by Gasteiger charge is 2.09. The Morgan fingerprint density at radius 3 is 2.33 bits per heavy atom. The first kappa shape index (κ1) is 14.6. The van der Waals surface area contributed by atoms with Gasteiger partial charge in [0.1, 0.15) is 5.82 Å². The number of unbranched alkanes of at least 4 members (excludes halogenated alkanes) is 3. The number of hydrogen-bond donors (Lipinski definition) is 0. The monoisotopic (exact) mass is 268 g/mol. The van der Waals surface area contributed by atoms with Crippen LogP contribution < -0.4 is 0 Å². The van der Waals surface area contributed by atoms with Crippen LogP contribution in [0.3, 0.4) is 0 Å². The molecule has 0 aromatic heterocycles. The number of benzene rings is 1. The summed E-state index contributed by atoms with van der Waals surface area (Å²) in [6, 6.07) is 4.83. The second-order valence-electron chi connectivity index (χ2n) is 3.94. The van der Waals surface area contributed by atoms with Gasteiger partial charge in [0.2, 0.25) is 0 Å². The maximum absolute atomic E-state index is 12.7. The molecule has 0 heterocycles. The van der Waals surface area contributed by atoms with Gasteiger partial charge >= 0.3 is 0 Å². The van der Waals surface area contributed by atoms with Gasteiger partial charge in [0, 0.05) is 5.41 Å². The van der Waals surface area contributed by atoms with Crippen molar-refractivity contribution in [1.82, 2.24) is 0 Å². The highest BCUT2D eigenvalue weighted by molar-refractivity contribution is 7.94. The molecule has 1 rings (SSSR count). The van der Waals surface area contributed by atoms with E-state index in [4.69, 9.17) is 0 Å². The van der Waals surface area contributed by atoms with Crippen LogP contribution in [-0.2, 0) is 9.84 Å². The van der Waals surface area contributed by atoms with Crippen LogP contribution in [-0.4, -0.2) is 8.42 Å². The molecule has 0 aliphatic rings. The maximum atomic E-state index is 12.7. The topological polar surface area (TPSA) is 34.1 Å². The van der Waals surface area contributed by atoms with Crippen LogP contribution in [0.1, 0.15) is 25.7 Å². The van der Waals surface area contributed by atoms with E-state index in [1.165, 1.54) is 17.5 Å². The molecule has 0 saturated carbocycles. The summed E-state index contributed by atoms with van der Waals surface area (Å²) in [6.07, 6.45) is 7.08. The Morgan fingerprint density at radius 2 is 1.72 bits per heavy atom. The first-order valence-corrected chi connectivity index (χ1v) is 7.39. The summed E-state index contributed by atoms with van der Waals surface area (Å²) in [5.41, 5.74) is 0. The van der Waals surface area contributed by atoms with Gasteiger partial charge in [-0.1, -0.05) is 12.2 Å². The number of halogens is 1. The summed E-state index contributed by atoms with van der Waals surface area (Å²) >= 11 is 0. The molecule has 4 heteroatoms. The fourth-order valence-electron chi connectivity index (χ4n) is 1.45. The van der Waals surface area contributed by atoms with Crippen LogP contribution in [0.15, 0.2) is 53.3 Å². The van der Waals surface area contributed by atoms with E-state index in [1.54, 1.807) is 6.08 Å². The third-order valence-corrected chi connectivity index (χ3v) is 3.93. The molecule has 0 spiro atoms. The zero-order chi connectivity index (χ0) is 13.4. The van der Waals surface area contributed by atoms with Crippen molar-refractivity contribution >= 4 is 9.84 Å². The summed E-state index contributed by atoms with van der Waals surface area (Å²) in [5, 5.41) is 1.19. The second kappa shape index (κ2) is 7.11. The number of hydrogen-bond acceptors (Lipinski definition) is 2. The van der Waals surface area contributed by atoms with Gasteiger partial charge in [-0.2, -0.15) is 0 Å². The van der Waals surface area contributed by atoms with Gasteiger partial charge in [0.15, 0.2) is 9.84 Å². The van der Waals surface area contributed by atoms with Crippen molar-refractivity contribution in [2.45, 2.75) is 30.6 Å². The van der Waals surface area contributed by atoms with Crippen molar-refractivity contribution in [3.8, 4) is 0 Å². The predicted molar refractivity (Wildman–Crippen MR) is 71.4 cm³/mol. The van der Waals surface area contributed by atoms with Crippen LogP contribution in [0.5, 0.6) is 0 Å². The summed E-state index contributed by atoms with van der Waals surface area (Å²) in [4.78, 5) is 0.117. The summed E-state index contributed by atoms with van der Waals surface area (Å²) in [5.74, 6) is -0.442. The average molecular weight is 268 g/mol. The number of rotatable bonds is 7. The molecule has 0 aliphatic heterocycles. The van der Waals surface area contributed by atoms with Crippen LogP contribution in [0.4, 0.5) is 4.39 Å². The molecule has 2 nitrogen and oxygen atoms in total. The second-order valence-corrected chi connectivity index (χ2v) is 5.78. The van der Waals surface area contributed by atoms with Crippen molar-refractivity contribution < 1.29 is 12.8 Å². The van der Waals surface area contributed by atoms with E-state index in [1.807, 2.05) is 6.08 Å². The highest BCUT2D eigenvalue weighted by Crippen LogP contribution is 2.13. The Balaban J connectivity index is 2.56. The fourth-order valence-corrected chi connectivity index (χ4v) is 2.51. The Hall–Kier alpha value is -1.42. The molecule has 0 amide bonds. The molecule has 0 bridgehead atoms. The molecule has 98 valence electrons. The van der Waals surface area contributed by atoms with Gasteiger partial charge in [0.25, 0.3) is 0 Å². The third-order valence-electron chi connectivity index (χ3n) is 2.45. The first-order valence-electron chi connectivity index (χ1n) is 5.84. The van der Waals surface area contributed by atoms with E-state index < -0.39 is 15.7 Å². The normalized spacial score (nSPS) is 11.8. The summed E-state index contributed by atoms with van der Waals surface area (Å²) in [6.45, 7) is 3.62. The number of sulfone groups is 1. The lowest BCUT2D eigenvalue weighted by atomic mass is 10.2. The standard InChI is InChI=1S/C14H17FO2S/c1-2-3-4-5-6-7-12-18(16,17)14-10-8-13(15)9-11-14/h2,7-12H,1,3-6H2. The summed E-state index contributed by atoms with van der Waals surface area (Å²) < 4.78 is 36.3. The fraction of sp³-hybridized carbons (Fsp3) is 0.286. The molecule has 0 saturated heterocycles. The zero-order valence-electron chi connectivity index (χ0n) is 10.2. The predicted octanol–water partition coefficient (Wildman–Crippen LogP) is 3.86. The van der Waals surface area contributed by atoms with Gasteiger partial charge in [-0.25, -0.2) is 12.8 Å². The smallest absolute Gasteiger partial charge is 0.199 e. The molecule has 0 atom stereocenters. The summed E-state index contributed by atoms with van der Waals surface area (Å²) in [7, 11) is -3.44. The molecule has 0 radical (unpaired) electrons. The molecule has 0 fully saturated rings. The van der Waals surface area contributed by atoms with Crippen molar-refractivity contribution in [3.63, 3.8) is 0 Å². The van der Waals surface area contributed by atoms with Crippen LogP contribution >= 0.6 is 0 Å². The number of allylic oxidation sites excluding steroid dienone is 2. The maximum Gasteiger partial charge on any atom is 0.199 e. The SMILES string of the molecule is C=CCCCCC=CS(=O)(=O)c1ccc(F)cc1. The minimum absolute atomic E-state index is 0.117. The average Bonchev–Trinajstić information content (AvgIpc) is 2.34. The Kier molecular flexibility index (Phi) is 5.78. The van der Waals surface area contributed by atoms with E-state index in [-0.39, 0.29) is 4.90 Å². The van der Waals surface area contributed by atoms with Crippen molar-refractivity contribution in [1.29, 1.82) is 0 Å². The van der Waals surface area contributed by atoms with E-state index in [0.717, 1.165) is 31.4 Å². The Bertz CT molecular complexity index is 501. The van der Waals surface area contributed by atoms with E-state index >= 15 is 0 Å². The van der Waals surface area contributed by atoms with Gasteiger partial charge in [-0.05, 0) is 49.9 Å². The molecule has 1 aromatic carbocycles. The van der Waals surface area contributed by atoms with Crippen molar-refractivity contribution in [2.75, 3.05) is 0 Å². The lowest BCUT2D eigenvalue weighted by Crippen LogP contribution is -1.96. The molecule has 18 heavy (non-hydrogen) atoms. The van der Waals surface area contributed by atoms with Crippen molar-refractivity contribution in [3.05, 3.63) is 54.2 Å². The molecule has 1 aromatic rings. The molecule has 0 N–H and O–H groups in total. The lowest BCUT2D eigenvalue weighted by Gasteiger charge is -1.98. The highest BCUT2D eigenvalue weighted by atomic mass is 32.2. The Morgan fingerprint density at radius 1 is 1.11 bits per heavy atom. The first-order chi connectivity index (χ1) is 8.56. The Labute approximate surface area is 108 Å². The van der Waals surface area contributed by atoms with Crippen molar-refractivity contribution in [2.24, 2.45) is 0 Å². The van der Waals surface area contributed by atoms with Crippen LogP contribution in [0.25, 0.3) is 0 Å². The minimum Gasteiger partial charge on any atom is -0.219 e. The molecular formula is C14H17FO2S. The quantitative estimate of drug-likeness (QED) is 0.427. The van der Waals surface area contributed by atoms with Gasteiger partial charge in [0.05, 0.1) is 4.90 Å². The molecular weight excluding hydrogens is 251 g/mol. The van der Waals surface area contributed by atoms with E-state index in [2.05, 4.69) is 6.58 Å². The third kappa shape index (κ3) is 4.84. The van der Waals surface area contributed by atoms with Crippen LogP contribution in [0.2, 0.25) is 0 Å². The minimum atomic E-state index is -3.44. The van der Waals surface area contributed by atoms with E-state index in [0.29, 0.717) is 6.42 Å². The van der Waals surface area contributed by atoms with E-state index in [9.17, 15) is 12.8 Å².